The van der Waals surface area contributed by atoms with Gasteiger partial charge in [-0.1, -0.05) is 48.5 Å². The fraction of sp³-hybridized carbons (Fsp3) is 0.280. The molecule has 5 heteroatoms. The molecule has 1 fully saturated rings. The highest BCUT2D eigenvalue weighted by Gasteiger charge is 2.26. The van der Waals surface area contributed by atoms with Gasteiger partial charge in [0.1, 0.15) is 5.75 Å². The van der Waals surface area contributed by atoms with Crippen LogP contribution in [0.2, 0.25) is 0 Å². The smallest absolute Gasteiger partial charge is 0.260 e. The van der Waals surface area contributed by atoms with Gasteiger partial charge in [-0.25, -0.2) is 0 Å². The van der Waals surface area contributed by atoms with E-state index in [-0.39, 0.29) is 18.4 Å². The average molecular weight is 402 g/mol. The minimum absolute atomic E-state index is 0.0154. The quantitative estimate of drug-likeness (QED) is 0.667. The number of benzene rings is 3. The van der Waals surface area contributed by atoms with Gasteiger partial charge in [0.2, 0.25) is 0 Å². The van der Waals surface area contributed by atoms with Crippen molar-refractivity contribution in [2.45, 2.75) is 13.8 Å². The molecule has 0 N–H and O–H groups in total. The molecular formula is C25H26N2O3. The Balaban J connectivity index is 1.35. The third kappa shape index (κ3) is 4.15. The SMILES string of the molecule is Cc1ccc(C)c(OCC(=O)N2CCN(C(=O)c3cccc4ccccc34)CC2)c1. The van der Waals surface area contributed by atoms with Crippen molar-refractivity contribution >= 4 is 22.6 Å². The molecule has 0 unspecified atom stereocenters. The molecule has 5 nitrogen and oxygen atoms in total. The largest absolute Gasteiger partial charge is 0.483 e. The summed E-state index contributed by atoms with van der Waals surface area (Å²) >= 11 is 0. The molecular weight excluding hydrogens is 376 g/mol. The number of hydrogen-bond acceptors (Lipinski definition) is 3. The Morgan fingerprint density at radius 2 is 1.57 bits per heavy atom. The lowest BCUT2D eigenvalue weighted by Gasteiger charge is -2.35. The number of aryl methyl sites for hydroxylation is 2. The molecule has 30 heavy (non-hydrogen) atoms. The Bertz CT molecular complexity index is 1080. The molecule has 1 heterocycles. The Kier molecular flexibility index (Phi) is 5.70. The molecule has 0 spiro atoms. The lowest BCUT2D eigenvalue weighted by atomic mass is 10.0. The predicted molar refractivity (Wildman–Crippen MR) is 118 cm³/mol. The summed E-state index contributed by atoms with van der Waals surface area (Å²) in [7, 11) is 0. The van der Waals surface area contributed by atoms with Gasteiger partial charge >= 0.3 is 0 Å². The van der Waals surface area contributed by atoms with E-state index < -0.39 is 0 Å². The molecule has 3 aromatic rings. The van der Waals surface area contributed by atoms with Gasteiger partial charge < -0.3 is 14.5 Å². The zero-order chi connectivity index (χ0) is 21.1. The Labute approximate surface area is 176 Å². The van der Waals surface area contributed by atoms with Crippen molar-refractivity contribution in [1.82, 2.24) is 9.80 Å². The van der Waals surface area contributed by atoms with Crippen LogP contribution in [0.4, 0.5) is 0 Å². The van der Waals surface area contributed by atoms with E-state index in [0.717, 1.165) is 27.6 Å². The van der Waals surface area contributed by atoms with E-state index in [4.69, 9.17) is 4.74 Å². The predicted octanol–water partition coefficient (Wildman–Crippen LogP) is 3.82. The van der Waals surface area contributed by atoms with Gasteiger partial charge in [-0.05, 0) is 47.9 Å². The molecule has 1 aliphatic rings. The molecule has 2 amide bonds. The summed E-state index contributed by atoms with van der Waals surface area (Å²) in [6.45, 7) is 6.07. The van der Waals surface area contributed by atoms with Crippen molar-refractivity contribution in [2.24, 2.45) is 0 Å². The number of ether oxygens (including phenoxy) is 1. The number of amides is 2. The maximum Gasteiger partial charge on any atom is 0.260 e. The van der Waals surface area contributed by atoms with Crippen LogP contribution in [0.3, 0.4) is 0 Å². The van der Waals surface area contributed by atoms with E-state index in [1.165, 1.54) is 0 Å². The van der Waals surface area contributed by atoms with Crippen LogP contribution < -0.4 is 4.74 Å². The third-order valence-electron chi connectivity index (χ3n) is 5.63. The van der Waals surface area contributed by atoms with Gasteiger partial charge in [0.25, 0.3) is 11.8 Å². The standard InChI is InChI=1S/C25H26N2O3/c1-18-10-11-19(2)23(16-18)30-17-24(28)26-12-14-27(15-13-26)25(29)22-9-5-7-20-6-3-4-8-21(20)22/h3-11,16H,12-15,17H2,1-2H3. The van der Waals surface area contributed by atoms with Crippen LogP contribution in [-0.4, -0.2) is 54.4 Å². The van der Waals surface area contributed by atoms with Gasteiger partial charge in [0.15, 0.2) is 6.61 Å². The number of nitrogens with zero attached hydrogens (tertiary/aromatic N) is 2. The van der Waals surface area contributed by atoms with Gasteiger partial charge in [-0.2, -0.15) is 0 Å². The summed E-state index contributed by atoms with van der Waals surface area (Å²) in [6, 6.07) is 19.7. The van der Waals surface area contributed by atoms with E-state index in [0.29, 0.717) is 31.7 Å². The molecule has 0 aliphatic carbocycles. The van der Waals surface area contributed by atoms with Crippen molar-refractivity contribution in [3.63, 3.8) is 0 Å². The Morgan fingerprint density at radius 1 is 0.867 bits per heavy atom. The maximum atomic E-state index is 13.1. The highest BCUT2D eigenvalue weighted by Crippen LogP contribution is 2.21. The number of piperazine rings is 1. The molecule has 0 bridgehead atoms. The van der Waals surface area contributed by atoms with Crippen LogP contribution in [-0.2, 0) is 4.79 Å². The summed E-state index contributed by atoms with van der Waals surface area (Å²) in [6.07, 6.45) is 0. The normalized spacial score (nSPS) is 14.1. The van der Waals surface area contributed by atoms with Gasteiger partial charge in [0.05, 0.1) is 0 Å². The summed E-state index contributed by atoms with van der Waals surface area (Å²) in [5.41, 5.74) is 2.83. The van der Waals surface area contributed by atoms with Gasteiger partial charge in [-0.15, -0.1) is 0 Å². The summed E-state index contributed by atoms with van der Waals surface area (Å²) < 4.78 is 5.75. The van der Waals surface area contributed by atoms with Crippen LogP contribution in [0.5, 0.6) is 5.75 Å². The average Bonchev–Trinajstić information content (AvgIpc) is 2.78. The van der Waals surface area contributed by atoms with Crippen molar-refractivity contribution in [3.8, 4) is 5.75 Å². The molecule has 4 rings (SSSR count). The maximum absolute atomic E-state index is 13.1. The van der Waals surface area contributed by atoms with Crippen LogP contribution in [0, 0.1) is 13.8 Å². The minimum Gasteiger partial charge on any atom is -0.483 e. The number of carbonyl (C=O) groups is 2. The molecule has 1 aliphatic heterocycles. The topological polar surface area (TPSA) is 49.9 Å². The second-order valence-electron chi connectivity index (χ2n) is 7.76. The second kappa shape index (κ2) is 8.57. The molecule has 0 radical (unpaired) electrons. The molecule has 1 saturated heterocycles. The first-order valence-electron chi connectivity index (χ1n) is 10.3. The number of fused-ring (bicyclic) bond motifs is 1. The first-order valence-corrected chi connectivity index (χ1v) is 10.3. The number of carbonyl (C=O) groups excluding carboxylic acids is 2. The molecule has 0 atom stereocenters. The zero-order valence-corrected chi connectivity index (χ0v) is 17.4. The Hall–Kier alpha value is -3.34. The first kappa shape index (κ1) is 20.0. The van der Waals surface area contributed by atoms with Crippen molar-refractivity contribution in [1.29, 1.82) is 0 Å². The molecule has 3 aromatic carbocycles. The highest BCUT2D eigenvalue weighted by molar-refractivity contribution is 6.07. The summed E-state index contributed by atoms with van der Waals surface area (Å²) in [5.74, 6) is 0.715. The third-order valence-corrected chi connectivity index (χ3v) is 5.63. The van der Waals surface area contributed by atoms with Crippen molar-refractivity contribution in [2.75, 3.05) is 32.8 Å². The van der Waals surface area contributed by atoms with Crippen LogP contribution in [0.25, 0.3) is 10.8 Å². The number of rotatable bonds is 4. The lowest BCUT2D eigenvalue weighted by Crippen LogP contribution is -2.51. The molecule has 154 valence electrons. The van der Waals surface area contributed by atoms with Crippen molar-refractivity contribution in [3.05, 3.63) is 77.4 Å². The van der Waals surface area contributed by atoms with Crippen LogP contribution in [0.1, 0.15) is 21.5 Å². The second-order valence-corrected chi connectivity index (χ2v) is 7.76. The monoisotopic (exact) mass is 402 g/mol. The van der Waals surface area contributed by atoms with Gasteiger partial charge in [-0.3, -0.25) is 9.59 Å². The number of hydrogen-bond donors (Lipinski definition) is 0. The fourth-order valence-corrected chi connectivity index (χ4v) is 3.83. The fourth-order valence-electron chi connectivity index (χ4n) is 3.83. The Morgan fingerprint density at radius 3 is 2.37 bits per heavy atom. The molecule has 0 saturated carbocycles. The zero-order valence-electron chi connectivity index (χ0n) is 17.4. The van der Waals surface area contributed by atoms with Crippen molar-refractivity contribution < 1.29 is 14.3 Å². The summed E-state index contributed by atoms with van der Waals surface area (Å²) in [5, 5.41) is 2.02. The van der Waals surface area contributed by atoms with Crippen LogP contribution >= 0.6 is 0 Å². The first-order chi connectivity index (χ1) is 14.5. The van der Waals surface area contributed by atoms with E-state index in [2.05, 4.69) is 0 Å². The van der Waals surface area contributed by atoms with E-state index in [1.807, 2.05) is 79.4 Å². The van der Waals surface area contributed by atoms with Crippen LogP contribution in [0.15, 0.2) is 60.7 Å². The van der Waals surface area contributed by atoms with E-state index >= 15 is 0 Å². The van der Waals surface area contributed by atoms with Gasteiger partial charge in [0, 0.05) is 31.7 Å². The highest BCUT2D eigenvalue weighted by atomic mass is 16.5. The van der Waals surface area contributed by atoms with E-state index in [9.17, 15) is 9.59 Å². The summed E-state index contributed by atoms with van der Waals surface area (Å²) in [4.78, 5) is 29.3. The van der Waals surface area contributed by atoms with E-state index in [1.54, 1.807) is 4.90 Å². The lowest BCUT2D eigenvalue weighted by molar-refractivity contribution is -0.134. The minimum atomic E-state index is -0.0480. The molecule has 0 aromatic heterocycles.